The fourth-order valence-electron chi connectivity index (χ4n) is 3.88. The van der Waals surface area contributed by atoms with Gasteiger partial charge >= 0.3 is 0 Å². The molecule has 3 fully saturated rings. The average Bonchev–Trinajstić information content (AvgIpc) is 3.20. The van der Waals surface area contributed by atoms with Gasteiger partial charge in [0.1, 0.15) is 12.3 Å². The van der Waals surface area contributed by atoms with Crippen molar-refractivity contribution in [3.63, 3.8) is 0 Å². The molecule has 2 heterocycles. The van der Waals surface area contributed by atoms with Crippen LogP contribution in [0, 0.1) is 5.92 Å². The van der Waals surface area contributed by atoms with Crippen LogP contribution >= 0.6 is 0 Å². The lowest BCUT2D eigenvalue weighted by molar-refractivity contribution is 0.103. The van der Waals surface area contributed by atoms with E-state index in [0.717, 1.165) is 12.0 Å². The summed E-state index contributed by atoms with van der Waals surface area (Å²) in [6.07, 6.45) is 8.46. The zero-order valence-corrected chi connectivity index (χ0v) is 12.4. The Kier molecular flexibility index (Phi) is 4.13. The molecule has 2 atom stereocenters. The molecule has 4 heteroatoms. The highest BCUT2D eigenvalue weighted by Gasteiger charge is 2.49. The molecule has 0 aromatic rings. The molecule has 0 bridgehead atoms. The lowest BCUT2D eigenvalue weighted by Gasteiger charge is -2.34. The monoisotopic (exact) mass is 267 g/mol. The Bertz CT molecular complexity index is 294. The number of likely N-dealkylation sites (tertiary alicyclic amines) is 1. The van der Waals surface area contributed by atoms with Crippen LogP contribution in [0.5, 0.6) is 0 Å². The normalized spacial score (nSPS) is 41.7. The van der Waals surface area contributed by atoms with Crippen LogP contribution in [-0.4, -0.2) is 61.4 Å². The minimum atomic E-state index is 0.433. The van der Waals surface area contributed by atoms with Crippen molar-refractivity contribution < 1.29 is 4.74 Å². The smallest absolute Gasteiger partial charge is 0.138 e. The number of epoxide rings is 1. The number of ether oxygens (including phenoxy) is 1. The molecule has 3 rings (SSSR count). The molecule has 2 unspecified atom stereocenters. The Morgan fingerprint density at radius 1 is 1.00 bits per heavy atom. The maximum Gasteiger partial charge on any atom is 0.138 e. The Hall–Kier alpha value is -0.160. The van der Waals surface area contributed by atoms with Gasteiger partial charge in [0.25, 0.3) is 0 Å². The van der Waals surface area contributed by atoms with E-state index in [1.165, 1.54) is 51.6 Å². The summed E-state index contributed by atoms with van der Waals surface area (Å²) < 4.78 is 6.00. The third-order valence-electron chi connectivity index (χ3n) is 5.37. The highest BCUT2D eigenvalue weighted by atomic mass is 16.6. The topological polar surface area (TPSA) is 45.0 Å². The molecule has 2 aliphatic heterocycles. The SMILES string of the molecule is CN(C)C1CCN(C2OC2C2CCC(N)CC2)CC1. The number of nitrogens with two attached hydrogens (primary N) is 1. The minimum Gasteiger partial charge on any atom is -0.353 e. The quantitative estimate of drug-likeness (QED) is 0.782. The molecule has 1 saturated carbocycles. The molecule has 110 valence electrons. The van der Waals surface area contributed by atoms with Gasteiger partial charge < -0.3 is 15.4 Å². The maximum atomic E-state index is 6.00. The van der Waals surface area contributed by atoms with E-state index >= 15 is 0 Å². The van der Waals surface area contributed by atoms with Crippen molar-refractivity contribution in [2.24, 2.45) is 11.7 Å². The lowest BCUT2D eigenvalue weighted by atomic mass is 9.84. The van der Waals surface area contributed by atoms with Crippen LogP contribution in [0.2, 0.25) is 0 Å². The number of piperidine rings is 1. The molecular weight excluding hydrogens is 238 g/mol. The van der Waals surface area contributed by atoms with E-state index < -0.39 is 0 Å². The van der Waals surface area contributed by atoms with E-state index in [2.05, 4.69) is 23.9 Å². The van der Waals surface area contributed by atoms with Crippen LogP contribution in [0.25, 0.3) is 0 Å². The Morgan fingerprint density at radius 2 is 1.63 bits per heavy atom. The first-order valence-corrected chi connectivity index (χ1v) is 7.96. The molecular formula is C15H29N3O. The summed E-state index contributed by atoms with van der Waals surface area (Å²) in [6.45, 7) is 2.41. The minimum absolute atomic E-state index is 0.433. The van der Waals surface area contributed by atoms with Crippen molar-refractivity contribution in [3.05, 3.63) is 0 Å². The van der Waals surface area contributed by atoms with Crippen LogP contribution in [0.3, 0.4) is 0 Å². The van der Waals surface area contributed by atoms with Crippen LogP contribution < -0.4 is 5.73 Å². The van der Waals surface area contributed by atoms with Crippen molar-refractivity contribution in [1.29, 1.82) is 0 Å². The second-order valence-electron chi connectivity index (χ2n) is 6.90. The fraction of sp³-hybridized carbons (Fsp3) is 1.00. The zero-order chi connectivity index (χ0) is 13.4. The third-order valence-corrected chi connectivity index (χ3v) is 5.37. The summed E-state index contributed by atoms with van der Waals surface area (Å²) in [4.78, 5) is 4.93. The van der Waals surface area contributed by atoms with Crippen molar-refractivity contribution in [2.75, 3.05) is 27.2 Å². The fourth-order valence-corrected chi connectivity index (χ4v) is 3.88. The summed E-state index contributed by atoms with van der Waals surface area (Å²) in [5.74, 6) is 0.774. The van der Waals surface area contributed by atoms with E-state index in [1.807, 2.05) is 0 Å². The average molecular weight is 267 g/mol. The molecule has 4 nitrogen and oxygen atoms in total. The molecule has 0 spiro atoms. The number of hydrogen-bond acceptors (Lipinski definition) is 4. The van der Waals surface area contributed by atoms with Gasteiger partial charge in [-0.2, -0.15) is 0 Å². The second-order valence-corrected chi connectivity index (χ2v) is 6.90. The number of nitrogens with zero attached hydrogens (tertiary/aromatic N) is 2. The molecule has 0 amide bonds. The van der Waals surface area contributed by atoms with E-state index in [1.54, 1.807) is 0 Å². The van der Waals surface area contributed by atoms with Gasteiger partial charge in [-0.25, -0.2) is 0 Å². The molecule has 0 radical (unpaired) electrons. The number of rotatable bonds is 3. The van der Waals surface area contributed by atoms with Gasteiger partial charge in [0.05, 0.1) is 0 Å². The predicted molar refractivity (Wildman–Crippen MR) is 76.9 cm³/mol. The van der Waals surface area contributed by atoms with E-state index in [9.17, 15) is 0 Å². The Morgan fingerprint density at radius 3 is 2.21 bits per heavy atom. The molecule has 2 saturated heterocycles. The molecule has 1 aliphatic carbocycles. The summed E-state index contributed by atoms with van der Waals surface area (Å²) in [5.41, 5.74) is 5.98. The van der Waals surface area contributed by atoms with Gasteiger partial charge in [0.2, 0.25) is 0 Å². The molecule has 19 heavy (non-hydrogen) atoms. The summed E-state index contributed by atoms with van der Waals surface area (Å²) in [7, 11) is 4.39. The van der Waals surface area contributed by atoms with Gasteiger partial charge in [0.15, 0.2) is 0 Å². The highest BCUT2D eigenvalue weighted by molar-refractivity contribution is 4.94. The van der Waals surface area contributed by atoms with Crippen LogP contribution in [0.15, 0.2) is 0 Å². The number of hydrogen-bond donors (Lipinski definition) is 1. The van der Waals surface area contributed by atoms with Gasteiger partial charge in [-0.05, 0) is 58.5 Å². The largest absolute Gasteiger partial charge is 0.353 e. The van der Waals surface area contributed by atoms with E-state index in [-0.39, 0.29) is 0 Å². The summed E-state index contributed by atoms with van der Waals surface area (Å²) >= 11 is 0. The van der Waals surface area contributed by atoms with Crippen molar-refractivity contribution in [1.82, 2.24) is 9.80 Å². The molecule has 3 aliphatic rings. The van der Waals surface area contributed by atoms with Crippen LogP contribution in [-0.2, 0) is 4.74 Å². The Balaban J connectivity index is 1.43. The predicted octanol–water partition coefficient (Wildman–Crippen LogP) is 1.25. The van der Waals surface area contributed by atoms with Crippen LogP contribution in [0.4, 0.5) is 0 Å². The van der Waals surface area contributed by atoms with Crippen molar-refractivity contribution in [2.45, 2.75) is 62.9 Å². The lowest BCUT2D eigenvalue weighted by Crippen LogP contribution is -2.44. The van der Waals surface area contributed by atoms with Gasteiger partial charge in [-0.15, -0.1) is 0 Å². The molecule has 2 N–H and O–H groups in total. The highest BCUT2D eigenvalue weighted by Crippen LogP contribution is 2.40. The second kappa shape index (κ2) is 5.68. The van der Waals surface area contributed by atoms with Crippen LogP contribution in [0.1, 0.15) is 38.5 Å². The van der Waals surface area contributed by atoms with Gasteiger partial charge in [0, 0.05) is 25.2 Å². The van der Waals surface area contributed by atoms with Gasteiger partial charge in [-0.1, -0.05) is 0 Å². The zero-order valence-electron chi connectivity index (χ0n) is 12.4. The van der Waals surface area contributed by atoms with Gasteiger partial charge in [-0.3, -0.25) is 4.90 Å². The van der Waals surface area contributed by atoms with Crippen molar-refractivity contribution >= 4 is 0 Å². The molecule has 0 aromatic heterocycles. The standard InChI is InChI=1S/C15H29N3O/c1-17(2)13-7-9-18(10-8-13)15-14(19-15)11-3-5-12(16)6-4-11/h11-15H,3-10,16H2,1-2H3. The Labute approximate surface area is 117 Å². The van der Waals surface area contributed by atoms with E-state index in [0.29, 0.717) is 18.4 Å². The summed E-state index contributed by atoms with van der Waals surface area (Å²) in [5, 5.41) is 0. The first kappa shape index (κ1) is 13.8. The van der Waals surface area contributed by atoms with Crippen molar-refractivity contribution in [3.8, 4) is 0 Å². The first-order chi connectivity index (χ1) is 9.15. The first-order valence-electron chi connectivity index (χ1n) is 7.96. The third kappa shape index (κ3) is 3.13. The maximum absolute atomic E-state index is 6.00. The molecule has 0 aromatic carbocycles. The summed E-state index contributed by atoms with van der Waals surface area (Å²) in [6, 6.07) is 1.21. The van der Waals surface area contributed by atoms with E-state index in [4.69, 9.17) is 10.5 Å².